The number of furan rings is 1. The Balaban J connectivity index is 1.18. The monoisotopic (exact) mass is 653 g/mol. The summed E-state index contributed by atoms with van der Waals surface area (Å²) >= 11 is 0. The molecule has 10 rings (SSSR count). The maximum atomic E-state index is 6.42. The number of para-hydroxylation sites is 2. The van der Waals surface area contributed by atoms with Gasteiger partial charge in [-0.3, -0.25) is 0 Å². The fourth-order valence-electron chi connectivity index (χ4n) is 8.42. The average Bonchev–Trinajstić information content (AvgIpc) is 3.66. The number of rotatable bonds is 5. The molecule has 0 saturated carbocycles. The Hall–Kier alpha value is -6.38. The SMILES string of the molecule is CC1(C)c2ccccc2-c2ccc(N(c3ccc(-c4c5ccccc5cc5oc6ccccc6c45)cc3)c3ccccc3-c3ccccc3)cc21. The van der Waals surface area contributed by atoms with E-state index in [2.05, 4.69) is 189 Å². The predicted octanol–water partition coefficient (Wildman–Crippen LogP) is 13.8. The van der Waals surface area contributed by atoms with Crippen LogP contribution >= 0.6 is 0 Å². The smallest absolute Gasteiger partial charge is 0.136 e. The number of benzene rings is 8. The third-order valence-corrected chi connectivity index (χ3v) is 10.9. The van der Waals surface area contributed by atoms with E-state index >= 15 is 0 Å². The van der Waals surface area contributed by atoms with E-state index in [1.807, 2.05) is 6.07 Å². The van der Waals surface area contributed by atoms with E-state index < -0.39 is 0 Å². The van der Waals surface area contributed by atoms with Gasteiger partial charge in [-0.05, 0) is 86.6 Å². The van der Waals surface area contributed by atoms with E-state index in [4.69, 9.17) is 4.42 Å². The van der Waals surface area contributed by atoms with Crippen molar-refractivity contribution in [2.75, 3.05) is 4.90 Å². The summed E-state index contributed by atoms with van der Waals surface area (Å²) in [6.07, 6.45) is 0. The average molecular weight is 654 g/mol. The minimum Gasteiger partial charge on any atom is -0.456 e. The molecule has 2 nitrogen and oxygen atoms in total. The van der Waals surface area contributed by atoms with Crippen molar-refractivity contribution in [1.29, 1.82) is 0 Å². The van der Waals surface area contributed by atoms with Gasteiger partial charge in [0.1, 0.15) is 11.2 Å². The van der Waals surface area contributed by atoms with Gasteiger partial charge in [-0.25, -0.2) is 0 Å². The van der Waals surface area contributed by atoms with Crippen LogP contribution in [0.25, 0.3) is 66.1 Å². The lowest BCUT2D eigenvalue weighted by atomic mass is 9.82. The Morgan fingerprint density at radius 2 is 1.10 bits per heavy atom. The maximum Gasteiger partial charge on any atom is 0.136 e. The Labute approximate surface area is 297 Å². The van der Waals surface area contributed by atoms with E-state index in [0.717, 1.165) is 44.6 Å². The van der Waals surface area contributed by atoms with E-state index in [-0.39, 0.29) is 5.41 Å². The highest BCUT2D eigenvalue weighted by atomic mass is 16.3. The molecule has 1 aromatic heterocycles. The molecule has 0 saturated heterocycles. The zero-order valence-corrected chi connectivity index (χ0v) is 28.6. The molecule has 0 aliphatic heterocycles. The van der Waals surface area contributed by atoms with Gasteiger partial charge >= 0.3 is 0 Å². The molecule has 0 fully saturated rings. The second kappa shape index (κ2) is 11.3. The molecule has 2 heteroatoms. The van der Waals surface area contributed by atoms with Crippen LogP contribution in [0.3, 0.4) is 0 Å². The number of nitrogens with zero attached hydrogens (tertiary/aromatic N) is 1. The highest BCUT2D eigenvalue weighted by molar-refractivity contribution is 6.20. The molecule has 1 heterocycles. The molecule has 1 aliphatic rings. The van der Waals surface area contributed by atoms with Gasteiger partial charge in [0.2, 0.25) is 0 Å². The van der Waals surface area contributed by atoms with Gasteiger partial charge in [0.05, 0.1) is 5.69 Å². The molecule has 51 heavy (non-hydrogen) atoms. The van der Waals surface area contributed by atoms with Crippen molar-refractivity contribution in [2.45, 2.75) is 19.3 Å². The summed E-state index contributed by atoms with van der Waals surface area (Å²) < 4.78 is 6.42. The standard InChI is InChI=1S/C49H35NO/c1-49(2)42-21-11-8-19-39(42)40-29-28-36(31-43(40)49)50(44-22-12-9-17-37(44)32-14-4-3-5-15-32)35-26-24-33(25-27-35)47-38-18-7-6-16-34(38)30-46-48(47)41-20-10-13-23-45(41)51-46/h3-31H,1-2H3. The summed E-state index contributed by atoms with van der Waals surface area (Å²) in [6.45, 7) is 4.70. The highest BCUT2D eigenvalue weighted by Gasteiger charge is 2.36. The largest absolute Gasteiger partial charge is 0.456 e. The second-order valence-electron chi connectivity index (χ2n) is 14.1. The van der Waals surface area contributed by atoms with Crippen LogP contribution in [-0.4, -0.2) is 0 Å². The normalized spacial score (nSPS) is 13.1. The van der Waals surface area contributed by atoms with E-state index in [0.29, 0.717) is 0 Å². The summed E-state index contributed by atoms with van der Waals surface area (Å²) in [5.41, 5.74) is 15.2. The minimum atomic E-state index is -0.108. The molecule has 1 aliphatic carbocycles. The van der Waals surface area contributed by atoms with Gasteiger partial charge in [0.15, 0.2) is 0 Å². The van der Waals surface area contributed by atoms with Crippen LogP contribution < -0.4 is 4.90 Å². The molecular weight excluding hydrogens is 619 g/mol. The van der Waals surface area contributed by atoms with Crippen LogP contribution in [0, 0.1) is 0 Å². The molecule has 0 bridgehead atoms. The van der Waals surface area contributed by atoms with Gasteiger partial charge < -0.3 is 9.32 Å². The lowest BCUT2D eigenvalue weighted by Gasteiger charge is -2.30. The molecule has 9 aromatic rings. The summed E-state index contributed by atoms with van der Waals surface area (Å²) in [5.74, 6) is 0. The van der Waals surface area contributed by atoms with Gasteiger partial charge in [0.25, 0.3) is 0 Å². The number of hydrogen-bond donors (Lipinski definition) is 0. The van der Waals surface area contributed by atoms with Crippen LogP contribution in [0.1, 0.15) is 25.0 Å². The summed E-state index contributed by atoms with van der Waals surface area (Å²) in [7, 11) is 0. The Morgan fingerprint density at radius 3 is 1.94 bits per heavy atom. The lowest BCUT2D eigenvalue weighted by molar-refractivity contribution is 0.660. The maximum absolute atomic E-state index is 6.42. The summed E-state index contributed by atoms with van der Waals surface area (Å²) in [5, 5.41) is 4.68. The number of fused-ring (bicyclic) bond motifs is 7. The van der Waals surface area contributed by atoms with Gasteiger partial charge in [-0.1, -0.05) is 147 Å². The fraction of sp³-hybridized carbons (Fsp3) is 0.0612. The van der Waals surface area contributed by atoms with E-state index in [1.165, 1.54) is 49.7 Å². The molecular formula is C49H35NO. The van der Waals surface area contributed by atoms with Crippen LogP contribution in [0.2, 0.25) is 0 Å². The number of hydrogen-bond acceptors (Lipinski definition) is 2. The zero-order valence-electron chi connectivity index (χ0n) is 28.6. The second-order valence-corrected chi connectivity index (χ2v) is 14.1. The molecule has 8 aromatic carbocycles. The Kier molecular flexibility index (Phi) is 6.56. The number of anilines is 3. The van der Waals surface area contributed by atoms with Crippen molar-refractivity contribution in [3.05, 3.63) is 187 Å². The molecule has 242 valence electrons. The minimum absolute atomic E-state index is 0.108. The topological polar surface area (TPSA) is 16.4 Å². The van der Waals surface area contributed by atoms with Gasteiger partial charge in [-0.2, -0.15) is 0 Å². The quantitative estimate of drug-likeness (QED) is 0.184. The highest BCUT2D eigenvalue weighted by Crippen LogP contribution is 2.51. The Morgan fingerprint density at radius 1 is 0.451 bits per heavy atom. The Bertz CT molecular complexity index is 2770. The molecule has 0 atom stereocenters. The van der Waals surface area contributed by atoms with Crippen LogP contribution in [0.5, 0.6) is 0 Å². The van der Waals surface area contributed by atoms with Crippen molar-refractivity contribution < 1.29 is 4.42 Å². The predicted molar refractivity (Wildman–Crippen MR) is 214 cm³/mol. The first kappa shape index (κ1) is 29.5. The first-order chi connectivity index (χ1) is 25.1. The first-order valence-corrected chi connectivity index (χ1v) is 17.7. The van der Waals surface area contributed by atoms with Crippen LogP contribution in [0.15, 0.2) is 180 Å². The third-order valence-electron chi connectivity index (χ3n) is 10.9. The van der Waals surface area contributed by atoms with Crippen molar-refractivity contribution in [2.24, 2.45) is 0 Å². The van der Waals surface area contributed by atoms with Crippen molar-refractivity contribution in [3.63, 3.8) is 0 Å². The van der Waals surface area contributed by atoms with Crippen molar-refractivity contribution in [3.8, 4) is 33.4 Å². The molecule has 0 spiro atoms. The van der Waals surface area contributed by atoms with Crippen molar-refractivity contribution in [1.82, 2.24) is 0 Å². The molecule has 0 radical (unpaired) electrons. The summed E-state index contributed by atoms with van der Waals surface area (Å²) in [6, 6.07) is 63.6. The fourth-order valence-corrected chi connectivity index (χ4v) is 8.42. The zero-order chi connectivity index (χ0) is 34.1. The van der Waals surface area contributed by atoms with Crippen molar-refractivity contribution >= 4 is 49.8 Å². The molecule has 0 unspecified atom stereocenters. The van der Waals surface area contributed by atoms with E-state index in [1.54, 1.807) is 0 Å². The first-order valence-electron chi connectivity index (χ1n) is 17.7. The van der Waals surface area contributed by atoms with Crippen LogP contribution in [-0.2, 0) is 5.41 Å². The molecule has 0 N–H and O–H groups in total. The summed E-state index contributed by atoms with van der Waals surface area (Å²) in [4.78, 5) is 2.43. The van der Waals surface area contributed by atoms with E-state index in [9.17, 15) is 0 Å². The lowest BCUT2D eigenvalue weighted by Crippen LogP contribution is -2.16. The van der Waals surface area contributed by atoms with Crippen LogP contribution in [0.4, 0.5) is 17.1 Å². The molecule has 0 amide bonds. The van der Waals surface area contributed by atoms with Gasteiger partial charge in [0, 0.05) is 38.7 Å². The van der Waals surface area contributed by atoms with Gasteiger partial charge in [-0.15, -0.1) is 0 Å². The third kappa shape index (κ3) is 4.57.